The third-order valence-corrected chi connectivity index (χ3v) is 2.16. The van der Waals surface area contributed by atoms with Crippen LogP contribution in [0.5, 0.6) is 0 Å². The van der Waals surface area contributed by atoms with Crippen LogP contribution in [-0.4, -0.2) is 11.1 Å². The second kappa shape index (κ2) is 5.77. The zero-order valence-electron chi connectivity index (χ0n) is 9.47. The number of benzene rings is 1. The highest BCUT2D eigenvalue weighted by atomic mass is 19.1. The Morgan fingerprint density at radius 1 is 1.28 bits per heavy atom. The van der Waals surface area contributed by atoms with Gasteiger partial charge in [-0.3, -0.25) is 10.3 Å². The van der Waals surface area contributed by atoms with Gasteiger partial charge in [0.1, 0.15) is 12.4 Å². The molecule has 0 aliphatic rings. The highest BCUT2D eigenvalue weighted by molar-refractivity contribution is 5.84. The minimum absolute atomic E-state index is 0.162. The molecule has 18 heavy (non-hydrogen) atoms. The van der Waals surface area contributed by atoms with E-state index in [0.29, 0.717) is 0 Å². The molecule has 0 unspecified atom stereocenters. The van der Waals surface area contributed by atoms with Gasteiger partial charge in [-0.2, -0.15) is 0 Å². The summed E-state index contributed by atoms with van der Waals surface area (Å²) in [5.41, 5.74) is 1.14. The van der Waals surface area contributed by atoms with Crippen LogP contribution in [0.2, 0.25) is 0 Å². The van der Waals surface area contributed by atoms with Crippen LogP contribution in [0, 0.1) is 5.82 Å². The third-order valence-electron chi connectivity index (χ3n) is 2.16. The van der Waals surface area contributed by atoms with Crippen LogP contribution in [-0.2, 0) is 11.3 Å². The molecule has 1 heterocycles. The normalized spacial score (nSPS) is 9.83. The van der Waals surface area contributed by atoms with Gasteiger partial charge in [0.25, 0.3) is 0 Å². The van der Waals surface area contributed by atoms with Gasteiger partial charge in [0.05, 0.1) is 18.1 Å². The van der Waals surface area contributed by atoms with Gasteiger partial charge < -0.3 is 4.74 Å². The number of carbonyl (C=O) groups excluding carboxylic acids is 1. The first kappa shape index (κ1) is 12.0. The maximum Gasteiger partial charge on any atom is 0.412 e. The second-order valence-electron chi connectivity index (χ2n) is 3.58. The standard InChI is InChI=1S/C13H11FN2O2/c14-11-6-12(8-15-7-11)16-13(17)18-9-10-4-2-1-3-5-10/h1-8H,9H2,(H,16,17). The Morgan fingerprint density at radius 2 is 2.06 bits per heavy atom. The lowest BCUT2D eigenvalue weighted by molar-refractivity contribution is 0.155. The summed E-state index contributed by atoms with van der Waals surface area (Å²) >= 11 is 0. The SMILES string of the molecule is O=C(Nc1cncc(F)c1)OCc1ccccc1. The van der Waals surface area contributed by atoms with E-state index in [4.69, 9.17) is 4.74 Å². The Bertz CT molecular complexity index is 532. The predicted octanol–water partition coefficient (Wildman–Crippen LogP) is 2.97. The quantitative estimate of drug-likeness (QED) is 0.905. The molecule has 0 spiro atoms. The molecule has 4 nitrogen and oxygen atoms in total. The Labute approximate surface area is 103 Å². The molecule has 0 fully saturated rings. The molecule has 0 saturated heterocycles. The lowest BCUT2D eigenvalue weighted by atomic mass is 10.2. The van der Waals surface area contributed by atoms with Crippen LogP contribution in [0.3, 0.4) is 0 Å². The van der Waals surface area contributed by atoms with Crippen molar-refractivity contribution in [3.8, 4) is 0 Å². The molecule has 5 heteroatoms. The third kappa shape index (κ3) is 3.55. The van der Waals surface area contributed by atoms with Crippen molar-refractivity contribution in [3.63, 3.8) is 0 Å². The largest absolute Gasteiger partial charge is 0.444 e. The number of pyridine rings is 1. The van der Waals surface area contributed by atoms with Gasteiger partial charge in [-0.05, 0) is 5.56 Å². The summed E-state index contributed by atoms with van der Waals surface area (Å²) in [6.07, 6.45) is 1.75. The molecular weight excluding hydrogens is 235 g/mol. The summed E-state index contributed by atoms with van der Waals surface area (Å²) in [6, 6.07) is 10.4. The van der Waals surface area contributed by atoms with Crippen molar-refractivity contribution in [1.82, 2.24) is 4.98 Å². The molecular formula is C13H11FN2O2. The van der Waals surface area contributed by atoms with Crippen LogP contribution >= 0.6 is 0 Å². The molecule has 0 saturated carbocycles. The molecule has 0 atom stereocenters. The molecule has 1 aromatic heterocycles. The van der Waals surface area contributed by atoms with Crippen LogP contribution < -0.4 is 5.32 Å². The zero-order valence-corrected chi connectivity index (χ0v) is 9.47. The molecule has 0 bridgehead atoms. The molecule has 2 rings (SSSR count). The fraction of sp³-hybridized carbons (Fsp3) is 0.0769. The number of hydrogen-bond acceptors (Lipinski definition) is 3. The van der Waals surface area contributed by atoms with Crippen LogP contribution in [0.4, 0.5) is 14.9 Å². The van der Waals surface area contributed by atoms with E-state index in [1.54, 1.807) is 0 Å². The average Bonchev–Trinajstić information content (AvgIpc) is 2.38. The number of nitrogens with zero attached hydrogens (tertiary/aromatic N) is 1. The van der Waals surface area contributed by atoms with Crippen molar-refractivity contribution in [2.24, 2.45) is 0 Å². The zero-order chi connectivity index (χ0) is 12.8. The first-order valence-corrected chi connectivity index (χ1v) is 5.32. The number of carbonyl (C=O) groups is 1. The van der Waals surface area contributed by atoms with Crippen molar-refractivity contribution in [3.05, 3.63) is 60.2 Å². The molecule has 1 N–H and O–H groups in total. The van der Waals surface area contributed by atoms with E-state index in [1.807, 2.05) is 30.3 Å². The lowest BCUT2D eigenvalue weighted by Crippen LogP contribution is -2.13. The van der Waals surface area contributed by atoms with E-state index in [9.17, 15) is 9.18 Å². The first-order chi connectivity index (χ1) is 8.74. The Morgan fingerprint density at radius 3 is 2.78 bits per heavy atom. The fourth-order valence-electron chi connectivity index (χ4n) is 1.36. The van der Waals surface area contributed by atoms with Crippen molar-refractivity contribution in [1.29, 1.82) is 0 Å². The monoisotopic (exact) mass is 246 g/mol. The molecule has 1 aromatic carbocycles. The molecule has 0 aliphatic carbocycles. The topological polar surface area (TPSA) is 51.2 Å². The van der Waals surface area contributed by atoms with Gasteiger partial charge in [-0.15, -0.1) is 0 Å². The summed E-state index contributed by atoms with van der Waals surface area (Å²) < 4.78 is 17.8. The van der Waals surface area contributed by atoms with Crippen LogP contribution in [0.25, 0.3) is 0 Å². The van der Waals surface area contributed by atoms with E-state index in [-0.39, 0.29) is 12.3 Å². The number of halogens is 1. The molecule has 2 aromatic rings. The number of hydrogen-bond donors (Lipinski definition) is 1. The van der Waals surface area contributed by atoms with Gasteiger partial charge in [-0.25, -0.2) is 9.18 Å². The van der Waals surface area contributed by atoms with E-state index in [2.05, 4.69) is 10.3 Å². The van der Waals surface area contributed by atoms with E-state index < -0.39 is 11.9 Å². The minimum Gasteiger partial charge on any atom is -0.444 e. The molecule has 1 amide bonds. The van der Waals surface area contributed by atoms with Crippen LogP contribution in [0.15, 0.2) is 48.8 Å². The van der Waals surface area contributed by atoms with Gasteiger partial charge >= 0.3 is 6.09 Å². The van der Waals surface area contributed by atoms with Crippen molar-refractivity contribution in [2.45, 2.75) is 6.61 Å². The van der Waals surface area contributed by atoms with E-state index in [1.165, 1.54) is 6.20 Å². The summed E-state index contributed by atoms with van der Waals surface area (Å²) in [4.78, 5) is 15.0. The Balaban J connectivity index is 1.86. The molecule has 92 valence electrons. The van der Waals surface area contributed by atoms with Crippen molar-refractivity contribution in [2.75, 3.05) is 5.32 Å². The van der Waals surface area contributed by atoms with Crippen molar-refractivity contribution >= 4 is 11.8 Å². The van der Waals surface area contributed by atoms with E-state index >= 15 is 0 Å². The Kier molecular flexibility index (Phi) is 3.86. The van der Waals surface area contributed by atoms with Gasteiger partial charge in [0, 0.05) is 6.07 Å². The number of nitrogens with one attached hydrogen (secondary N) is 1. The highest BCUT2D eigenvalue weighted by Crippen LogP contribution is 2.08. The minimum atomic E-state index is -0.647. The lowest BCUT2D eigenvalue weighted by Gasteiger charge is -2.06. The van der Waals surface area contributed by atoms with E-state index in [0.717, 1.165) is 17.8 Å². The maximum absolute atomic E-state index is 12.8. The van der Waals surface area contributed by atoms with Gasteiger partial charge in [0.15, 0.2) is 0 Å². The summed E-state index contributed by atoms with van der Waals surface area (Å²) in [5.74, 6) is -0.518. The second-order valence-corrected chi connectivity index (χ2v) is 3.58. The summed E-state index contributed by atoms with van der Waals surface area (Å²) in [5, 5.41) is 2.39. The van der Waals surface area contributed by atoms with Crippen molar-refractivity contribution < 1.29 is 13.9 Å². The van der Waals surface area contributed by atoms with Gasteiger partial charge in [0.2, 0.25) is 0 Å². The first-order valence-electron chi connectivity index (χ1n) is 5.32. The van der Waals surface area contributed by atoms with Crippen LogP contribution in [0.1, 0.15) is 5.56 Å². The number of amides is 1. The number of ether oxygens (including phenoxy) is 1. The predicted molar refractivity (Wildman–Crippen MR) is 64.4 cm³/mol. The molecule has 0 radical (unpaired) electrons. The summed E-state index contributed by atoms with van der Waals surface area (Å²) in [6.45, 7) is 0.162. The number of aromatic nitrogens is 1. The fourth-order valence-corrected chi connectivity index (χ4v) is 1.36. The van der Waals surface area contributed by atoms with Gasteiger partial charge in [-0.1, -0.05) is 30.3 Å². The molecule has 0 aliphatic heterocycles. The highest BCUT2D eigenvalue weighted by Gasteiger charge is 2.04. The smallest absolute Gasteiger partial charge is 0.412 e. The number of rotatable bonds is 3. The summed E-state index contributed by atoms with van der Waals surface area (Å²) in [7, 11) is 0. The average molecular weight is 246 g/mol. The Hall–Kier alpha value is -2.43. The maximum atomic E-state index is 12.8. The number of anilines is 1.